The second-order valence-electron chi connectivity index (χ2n) is 3.83. The summed E-state index contributed by atoms with van der Waals surface area (Å²) in [6.45, 7) is 2.65. The number of amides is 1. The topological polar surface area (TPSA) is 61.7 Å². The predicted molar refractivity (Wildman–Crippen MR) is 78.7 cm³/mol. The van der Waals surface area contributed by atoms with Crippen molar-refractivity contribution in [1.29, 1.82) is 0 Å². The summed E-state index contributed by atoms with van der Waals surface area (Å²) in [6, 6.07) is 5.02. The van der Waals surface area contributed by atoms with Crippen LogP contribution in [0.25, 0.3) is 0 Å². The van der Waals surface area contributed by atoms with Crippen molar-refractivity contribution in [3.63, 3.8) is 0 Å². The minimum absolute atomic E-state index is 0.0553. The van der Waals surface area contributed by atoms with E-state index < -0.39 is 0 Å². The molecule has 18 heavy (non-hydrogen) atoms. The van der Waals surface area contributed by atoms with E-state index in [0.717, 1.165) is 22.2 Å². The van der Waals surface area contributed by atoms with Gasteiger partial charge in [-0.25, -0.2) is 0 Å². The number of carbonyl (C=O) groups is 1. The Morgan fingerprint density at radius 2 is 2.44 bits per heavy atom. The van der Waals surface area contributed by atoms with E-state index in [2.05, 4.69) is 10.3 Å². The maximum Gasteiger partial charge on any atom is 0.234 e. The third kappa shape index (κ3) is 3.68. The van der Waals surface area contributed by atoms with Gasteiger partial charge in [0.1, 0.15) is 10.1 Å². The fourth-order valence-electron chi connectivity index (χ4n) is 1.46. The van der Waals surface area contributed by atoms with Gasteiger partial charge in [0.2, 0.25) is 5.91 Å². The van der Waals surface area contributed by atoms with E-state index in [-0.39, 0.29) is 11.7 Å². The molecule has 0 atom stereocenters. The highest BCUT2D eigenvalue weighted by Crippen LogP contribution is 2.23. The number of carbonyl (C=O) groups excluding carboxylic acids is 1. The molecular formula is C12H14N2O2S2. The normalized spacial score (nSPS) is 14.4. The van der Waals surface area contributed by atoms with Gasteiger partial charge in [0.05, 0.1) is 12.3 Å². The standard InChI is InChI=1S/C12H14N2O2S2/c1-8-6-9(2-3-10(8)15)14-11(16)7-18-12-13-4-5-17-12/h2-3,6,15H,4-5,7H2,1H3,(H,14,16). The van der Waals surface area contributed by atoms with Crippen molar-refractivity contribution in [2.75, 3.05) is 23.4 Å². The molecule has 2 rings (SSSR count). The lowest BCUT2D eigenvalue weighted by Crippen LogP contribution is -2.14. The van der Waals surface area contributed by atoms with Crippen LogP contribution in [-0.4, -0.2) is 33.4 Å². The Morgan fingerprint density at radius 1 is 1.61 bits per heavy atom. The van der Waals surface area contributed by atoms with Gasteiger partial charge in [-0.05, 0) is 30.7 Å². The Morgan fingerprint density at radius 3 is 3.11 bits per heavy atom. The average molecular weight is 282 g/mol. The summed E-state index contributed by atoms with van der Waals surface area (Å²) in [6.07, 6.45) is 0. The molecule has 0 bridgehead atoms. The summed E-state index contributed by atoms with van der Waals surface area (Å²) in [7, 11) is 0. The van der Waals surface area contributed by atoms with Crippen LogP contribution in [0.5, 0.6) is 5.75 Å². The number of nitrogens with zero attached hydrogens (tertiary/aromatic N) is 1. The largest absolute Gasteiger partial charge is 0.508 e. The van der Waals surface area contributed by atoms with E-state index >= 15 is 0 Å². The molecule has 1 aromatic rings. The maximum atomic E-state index is 11.7. The summed E-state index contributed by atoms with van der Waals surface area (Å²) in [5.74, 6) is 1.56. The van der Waals surface area contributed by atoms with Gasteiger partial charge < -0.3 is 10.4 Å². The predicted octanol–water partition coefficient (Wildman–Crippen LogP) is 2.48. The minimum atomic E-state index is -0.0553. The number of hydrogen-bond donors (Lipinski definition) is 2. The van der Waals surface area contributed by atoms with Crippen molar-refractivity contribution >= 4 is 39.5 Å². The zero-order valence-corrected chi connectivity index (χ0v) is 11.6. The van der Waals surface area contributed by atoms with Crippen LogP contribution in [0.15, 0.2) is 23.2 Å². The summed E-state index contributed by atoms with van der Waals surface area (Å²) in [4.78, 5) is 16.0. The Labute approximate surface area is 114 Å². The van der Waals surface area contributed by atoms with Gasteiger partial charge in [0.25, 0.3) is 0 Å². The number of phenolic OH excluding ortho intramolecular Hbond substituents is 1. The number of hydrogen-bond acceptors (Lipinski definition) is 5. The molecule has 4 nitrogen and oxygen atoms in total. The van der Waals surface area contributed by atoms with Crippen LogP contribution in [0.1, 0.15) is 5.56 Å². The fourth-order valence-corrected chi connectivity index (χ4v) is 3.27. The van der Waals surface area contributed by atoms with E-state index in [1.54, 1.807) is 36.9 Å². The highest BCUT2D eigenvalue weighted by molar-refractivity contribution is 8.39. The zero-order valence-electron chi connectivity index (χ0n) is 9.97. The molecule has 0 unspecified atom stereocenters. The molecule has 0 radical (unpaired) electrons. The van der Waals surface area contributed by atoms with E-state index in [9.17, 15) is 9.90 Å². The number of benzene rings is 1. The Balaban J connectivity index is 1.84. The highest BCUT2D eigenvalue weighted by atomic mass is 32.2. The molecule has 0 aromatic heterocycles. The first-order valence-electron chi connectivity index (χ1n) is 5.54. The molecule has 0 spiro atoms. The number of phenols is 1. The molecule has 6 heteroatoms. The van der Waals surface area contributed by atoms with Crippen LogP contribution < -0.4 is 5.32 Å². The molecule has 1 aliphatic heterocycles. The van der Waals surface area contributed by atoms with Gasteiger partial charge >= 0.3 is 0 Å². The number of anilines is 1. The van der Waals surface area contributed by atoms with E-state index in [1.165, 1.54) is 11.8 Å². The third-order valence-electron chi connectivity index (χ3n) is 2.37. The maximum absolute atomic E-state index is 11.7. The van der Waals surface area contributed by atoms with Crippen LogP contribution in [0.4, 0.5) is 5.69 Å². The summed E-state index contributed by atoms with van der Waals surface area (Å²) in [5, 5.41) is 12.2. The molecule has 96 valence electrons. The van der Waals surface area contributed by atoms with E-state index in [4.69, 9.17) is 0 Å². The second-order valence-corrected chi connectivity index (χ2v) is 6.14. The number of aromatic hydroxyl groups is 1. The Kier molecular flexibility index (Phi) is 4.54. The number of rotatable bonds is 3. The highest BCUT2D eigenvalue weighted by Gasteiger charge is 2.10. The van der Waals surface area contributed by atoms with Crippen LogP contribution in [0.2, 0.25) is 0 Å². The molecule has 1 aromatic carbocycles. The number of nitrogens with one attached hydrogen (secondary N) is 1. The quantitative estimate of drug-likeness (QED) is 0.836. The van der Waals surface area contributed by atoms with Crippen LogP contribution in [0, 0.1) is 6.92 Å². The molecule has 0 saturated heterocycles. The lowest BCUT2D eigenvalue weighted by Gasteiger charge is -2.06. The molecule has 1 aliphatic rings. The van der Waals surface area contributed by atoms with Gasteiger partial charge in [0, 0.05) is 11.4 Å². The first-order valence-corrected chi connectivity index (χ1v) is 7.52. The van der Waals surface area contributed by atoms with Gasteiger partial charge in [-0.1, -0.05) is 23.5 Å². The van der Waals surface area contributed by atoms with E-state index in [0.29, 0.717) is 11.4 Å². The Hall–Kier alpha value is -1.14. The van der Waals surface area contributed by atoms with E-state index in [1.807, 2.05) is 0 Å². The number of thioether (sulfide) groups is 2. The lowest BCUT2D eigenvalue weighted by molar-refractivity contribution is -0.113. The molecule has 0 aliphatic carbocycles. The van der Waals surface area contributed by atoms with Crippen LogP contribution in [0.3, 0.4) is 0 Å². The van der Waals surface area contributed by atoms with Gasteiger partial charge in [-0.2, -0.15) is 0 Å². The van der Waals surface area contributed by atoms with Crippen molar-refractivity contribution in [3.8, 4) is 5.75 Å². The SMILES string of the molecule is Cc1cc(NC(=O)CSC2=NCCS2)ccc1O. The third-order valence-corrected chi connectivity index (χ3v) is 4.62. The van der Waals surface area contributed by atoms with Gasteiger partial charge in [0.15, 0.2) is 0 Å². The fraction of sp³-hybridized carbons (Fsp3) is 0.333. The number of aliphatic imine (C=N–C) groups is 1. The van der Waals surface area contributed by atoms with Crippen molar-refractivity contribution in [1.82, 2.24) is 0 Å². The van der Waals surface area contributed by atoms with Crippen molar-refractivity contribution in [3.05, 3.63) is 23.8 Å². The monoisotopic (exact) mass is 282 g/mol. The zero-order chi connectivity index (χ0) is 13.0. The molecule has 0 saturated carbocycles. The lowest BCUT2D eigenvalue weighted by atomic mass is 10.2. The smallest absolute Gasteiger partial charge is 0.234 e. The van der Waals surface area contributed by atoms with Gasteiger partial charge in [-0.3, -0.25) is 9.79 Å². The molecule has 1 heterocycles. The van der Waals surface area contributed by atoms with Crippen LogP contribution in [-0.2, 0) is 4.79 Å². The summed E-state index contributed by atoms with van der Waals surface area (Å²) < 4.78 is 0.993. The first kappa shape index (κ1) is 13.3. The van der Waals surface area contributed by atoms with Crippen molar-refractivity contribution in [2.45, 2.75) is 6.92 Å². The Bertz CT molecular complexity index is 489. The van der Waals surface area contributed by atoms with Crippen molar-refractivity contribution in [2.24, 2.45) is 4.99 Å². The number of aryl methyl sites for hydroxylation is 1. The first-order chi connectivity index (χ1) is 8.65. The molecule has 0 fully saturated rings. The summed E-state index contributed by atoms with van der Waals surface area (Å²) in [5.41, 5.74) is 1.45. The van der Waals surface area contributed by atoms with Crippen LogP contribution >= 0.6 is 23.5 Å². The molecular weight excluding hydrogens is 268 g/mol. The minimum Gasteiger partial charge on any atom is -0.508 e. The average Bonchev–Trinajstić information content (AvgIpc) is 2.84. The van der Waals surface area contributed by atoms with Crippen molar-refractivity contribution < 1.29 is 9.90 Å². The molecule has 1 amide bonds. The summed E-state index contributed by atoms with van der Waals surface area (Å²) >= 11 is 3.17. The second kappa shape index (κ2) is 6.15. The molecule has 2 N–H and O–H groups in total. The van der Waals surface area contributed by atoms with Gasteiger partial charge in [-0.15, -0.1) is 0 Å².